The van der Waals surface area contributed by atoms with Crippen molar-refractivity contribution in [1.82, 2.24) is 9.80 Å². The molecular weight excluding hydrogens is 340 g/mol. The smallest absolute Gasteiger partial charge is 0.257 e. The molecule has 142 valence electrons. The Morgan fingerprint density at radius 2 is 1.48 bits per heavy atom. The summed E-state index contributed by atoms with van der Waals surface area (Å²) in [6, 6.07) is 15.0. The fourth-order valence-corrected chi connectivity index (χ4v) is 3.29. The number of ether oxygens (including phenoxy) is 1. The van der Waals surface area contributed by atoms with Crippen LogP contribution in [0.5, 0.6) is 5.75 Å². The molecule has 2 aromatic carbocycles. The monoisotopic (exact) mass is 366 g/mol. The lowest BCUT2D eigenvalue weighted by atomic mass is 10.0. The van der Waals surface area contributed by atoms with E-state index >= 15 is 0 Å². The Morgan fingerprint density at radius 3 is 2.04 bits per heavy atom. The minimum atomic E-state index is -0.0473. The van der Waals surface area contributed by atoms with Gasteiger partial charge in [-0.2, -0.15) is 0 Å². The van der Waals surface area contributed by atoms with Crippen molar-refractivity contribution in [3.8, 4) is 5.75 Å². The second-order valence-electron chi connectivity index (χ2n) is 7.06. The Morgan fingerprint density at radius 1 is 0.889 bits per heavy atom. The number of amides is 2. The molecule has 0 unspecified atom stereocenters. The number of nitrogens with zero attached hydrogens (tertiary/aromatic N) is 2. The Hall–Kier alpha value is -2.82. The number of rotatable bonds is 4. The molecule has 1 aliphatic heterocycles. The molecule has 1 heterocycles. The van der Waals surface area contributed by atoms with E-state index in [4.69, 9.17) is 4.74 Å². The summed E-state index contributed by atoms with van der Waals surface area (Å²) >= 11 is 0. The van der Waals surface area contributed by atoms with Crippen LogP contribution in [0.15, 0.2) is 48.5 Å². The molecule has 1 fully saturated rings. The van der Waals surface area contributed by atoms with Crippen LogP contribution in [0.25, 0.3) is 0 Å². The summed E-state index contributed by atoms with van der Waals surface area (Å²) in [4.78, 5) is 29.1. The van der Waals surface area contributed by atoms with Crippen LogP contribution in [0.3, 0.4) is 0 Å². The number of hydrogen-bond acceptors (Lipinski definition) is 3. The molecule has 1 aliphatic rings. The zero-order valence-corrected chi connectivity index (χ0v) is 16.1. The highest BCUT2D eigenvalue weighted by Gasteiger charge is 2.27. The Balaban J connectivity index is 1.67. The van der Waals surface area contributed by atoms with E-state index in [1.54, 1.807) is 16.9 Å². The first-order valence-corrected chi connectivity index (χ1v) is 9.32. The maximum atomic E-state index is 12.9. The molecule has 2 aromatic rings. The van der Waals surface area contributed by atoms with Crippen molar-refractivity contribution in [2.45, 2.75) is 19.8 Å². The van der Waals surface area contributed by atoms with E-state index in [1.165, 1.54) is 0 Å². The molecule has 0 atom stereocenters. The number of piperazine rings is 1. The zero-order chi connectivity index (χ0) is 19.4. The van der Waals surface area contributed by atoms with Gasteiger partial charge in [-0.3, -0.25) is 9.59 Å². The molecule has 3 rings (SSSR count). The quantitative estimate of drug-likeness (QED) is 0.833. The van der Waals surface area contributed by atoms with E-state index in [2.05, 4.69) is 13.8 Å². The van der Waals surface area contributed by atoms with Gasteiger partial charge in [0.1, 0.15) is 5.75 Å². The molecule has 0 aliphatic carbocycles. The van der Waals surface area contributed by atoms with E-state index in [1.807, 2.05) is 48.5 Å². The lowest BCUT2D eigenvalue weighted by Gasteiger charge is -2.35. The van der Waals surface area contributed by atoms with Gasteiger partial charge >= 0.3 is 0 Å². The molecule has 0 aromatic heterocycles. The Kier molecular flexibility index (Phi) is 5.79. The van der Waals surface area contributed by atoms with Crippen LogP contribution in [0.1, 0.15) is 46.0 Å². The van der Waals surface area contributed by atoms with Crippen LogP contribution < -0.4 is 4.74 Å². The minimum absolute atomic E-state index is 0.0153. The second kappa shape index (κ2) is 8.25. The number of carbonyl (C=O) groups is 2. The van der Waals surface area contributed by atoms with Gasteiger partial charge in [0.05, 0.1) is 12.7 Å². The standard InChI is InChI=1S/C22H26N2O3/c1-16(2)18-9-10-19(20(15-18)27-3)22(26)24-13-11-23(12-14-24)21(25)17-7-5-4-6-8-17/h4-10,15-16H,11-14H2,1-3H3. The molecule has 5 heteroatoms. The lowest BCUT2D eigenvalue weighted by molar-refractivity contribution is 0.0533. The Bertz CT molecular complexity index is 810. The topological polar surface area (TPSA) is 49.9 Å². The number of hydrogen-bond donors (Lipinski definition) is 0. The first-order chi connectivity index (χ1) is 13.0. The van der Waals surface area contributed by atoms with Gasteiger partial charge in [-0.25, -0.2) is 0 Å². The van der Waals surface area contributed by atoms with Crippen LogP contribution in [0.2, 0.25) is 0 Å². The van der Waals surface area contributed by atoms with E-state index in [0.717, 1.165) is 5.56 Å². The zero-order valence-electron chi connectivity index (χ0n) is 16.1. The SMILES string of the molecule is COc1cc(C(C)C)ccc1C(=O)N1CCN(C(=O)c2ccccc2)CC1. The van der Waals surface area contributed by atoms with Gasteiger partial charge < -0.3 is 14.5 Å². The van der Waals surface area contributed by atoms with Crippen LogP contribution >= 0.6 is 0 Å². The largest absolute Gasteiger partial charge is 0.496 e. The van der Waals surface area contributed by atoms with Crippen molar-refractivity contribution in [2.75, 3.05) is 33.3 Å². The fourth-order valence-electron chi connectivity index (χ4n) is 3.29. The number of benzene rings is 2. The molecule has 5 nitrogen and oxygen atoms in total. The minimum Gasteiger partial charge on any atom is -0.496 e. The summed E-state index contributed by atoms with van der Waals surface area (Å²) in [5, 5.41) is 0. The molecule has 2 amide bonds. The van der Waals surface area contributed by atoms with Gasteiger partial charge in [0, 0.05) is 31.7 Å². The molecule has 0 saturated carbocycles. The third-order valence-corrected chi connectivity index (χ3v) is 5.00. The number of carbonyl (C=O) groups excluding carboxylic acids is 2. The van der Waals surface area contributed by atoms with E-state index in [9.17, 15) is 9.59 Å². The normalized spacial score (nSPS) is 14.4. The third-order valence-electron chi connectivity index (χ3n) is 5.00. The fraction of sp³-hybridized carbons (Fsp3) is 0.364. The summed E-state index contributed by atoms with van der Waals surface area (Å²) in [5.41, 5.74) is 2.40. The van der Waals surface area contributed by atoms with Gasteiger partial charge in [-0.1, -0.05) is 38.1 Å². The van der Waals surface area contributed by atoms with Crippen molar-refractivity contribution in [2.24, 2.45) is 0 Å². The van der Waals surface area contributed by atoms with Gasteiger partial charge in [0.25, 0.3) is 11.8 Å². The van der Waals surface area contributed by atoms with Crippen molar-refractivity contribution < 1.29 is 14.3 Å². The van der Waals surface area contributed by atoms with Crippen molar-refractivity contribution in [1.29, 1.82) is 0 Å². The van der Waals surface area contributed by atoms with Crippen LogP contribution in [-0.4, -0.2) is 54.9 Å². The Labute approximate surface area is 160 Å². The third kappa shape index (κ3) is 4.13. The highest BCUT2D eigenvalue weighted by molar-refractivity contribution is 5.98. The highest BCUT2D eigenvalue weighted by Crippen LogP contribution is 2.26. The van der Waals surface area contributed by atoms with Crippen LogP contribution in [0, 0.1) is 0 Å². The molecule has 0 spiro atoms. The summed E-state index contributed by atoms with van der Waals surface area (Å²) in [6.07, 6.45) is 0. The first-order valence-electron chi connectivity index (χ1n) is 9.32. The van der Waals surface area contributed by atoms with Gasteiger partial charge in [-0.05, 0) is 35.7 Å². The van der Waals surface area contributed by atoms with E-state index < -0.39 is 0 Å². The lowest BCUT2D eigenvalue weighted by Crippen LogP contribution is -2.50. The van der Waals surface area contributed by atoms with Gasteiger partial charge in [0.15, 0.2) is 0 Å². The van der Waals surface area contributed by atoms with Gasteiger partial charge in [-0.15, -0.1) is 0 Å². The average Bonchev–Trinajstić information content (AvgIpc) is 2.73. The predicted molar refractivity (Wildman–Crippen MR) is 105 cm³/mol. The van der Waals surface area contributed by atoms with E-state index in [-0.39, 0.29) is 11.8 Å². The molecule has 27 heavy (non-hydrogen) atoms. The molecule has 0 bridgehead atoms. The predicted octanol–water partition coefficient (Wildman–Crippen LogP) is 3.42. The molecule has 0 N–H and O–H groups in total. The summed E-state index contributed by atoms with van der Waals surface area (Å²) in [7, 11) is 1.59. The number of methoxy groups -OCH3 is 1. The van der Waals surface area contributed by atoms with Gasteiger partial charge in [0.2, 0.25) is 0 Å². The van der Waals surface area contributed by atoms with Crippen LogP contribution in [0.4, 0.5) is 0 Å². The average molecular weight is 366 g/mol. The molecule has 0 radical (unpaired) electrons. The maximum Gasteiger partial charge on any atom is 0.257 e. The first kappa shape index (κ1) is 19.0. The highest BCUT2D eigenvalue weighted by atomic mass is 16.5. The summed E-state index contributed by atoms with van der Waals surface area (Å²) in [6.45, 7) is 6.33. The summed E-state index contributed by atoms with van der Waals surface area (Å²) < 4.78 is 5.45. The van der Waals surface area contributed by atoms with Crippen LogP contribution in [-0.2, 0) is 0 Å². The molecular formula is C22H26N2O3. The van der Waals surface area contributed by atoms with E-state index in [0.29, 0.717) is 49.0 Å². The second-order valence-corrected chi connectivity index (χ2v) is 7.06. The van der Waals surface area contributed by atoms with Crippen molar-refractivity contribution >= 4 is 11.8 Å². The molecule has 1 saturated heterocycles. The maximum absolute atomic E-state index is 12.9. The van der Waals surface area contributed by atoms with Crippen molar-refractivity contribution in [3.05, 3.63) is 65.2 Å². The summed E-state index contributed by atoms with van der Waals surface area (Å²) in [5.74, 6) is 0.945. The van der Waals surface area contributed by atoms with Crippen molar-refractivity contribution in [3.63, 3.8) is 0 Å².